The van der Waals surface area contributed by atoms with Gasteiger partial charge >= 0.3 is 0 Å². The second-order valence-corrected chi connectivity index (χ2v) is 4.84. The maximum absolute atomic E-state index is 4.58. The van der Waals surface area contributed by atoms with Gasteiger partial charge in [0.1, 0.15) is 0 Å². The highest BCUT2D eigenvalue weighted by Gasteiger charge is 2.16. The Balaban J connectivity index is 2.18. The average molecular weight is 219 g/mol. The first-order valence-electron chi connectivity index (χ1n) is 6.08. The number of aryl methyl sites for hydroxylation is 1. The van der Waals surface area contributed by atoms with E-state index in [0.29, 0.717) is 6.04 Å². The lowest BCUT2D eigenvalue weighted by Crippen LogP contribution is -2.19. The Morgan fingerprint density at radius 3 is 2.56 bits per heavy atom. The molecule has 0 atom stereocenters. The molecule has 1 heterocycles. The number of rotatable bonds is 3. The SMILES string of the molecule is Cc1ccc(NC2CCCC2)c(N(C)C)n1. The Morgan fingerprint density at radius 2 is 1.94 bits per heavy atom. The summed E-state index contributed by atoms with van der Waals surface area (Å²) in [5, 5.41) is 3.61. The van der Waals surface area contributed by atoms with Crippen LogP contribution in [0.3, 0.4) is 0 Å². The molecule has 0 aromatic carbocycles. The quantitative estimate of drug-likeness (QED) is 0.847. The molecular formula is C13H21N3. The van der Waals surface area contributed by atoms with Crippen LogP contribution < -0.4 is 10.2 Å². The van der Waals surface area contributed by atoms with Crippen molar-refractivity contribution >= 4 is 11.5 Å². The van der Waals surface area contributed by atoms with Crippen molar-refractivity contribution in [1.29, 1.82) is 0 Å². The standard InChI is InChI=1S/C13H21N3/c1-10-8-9-12(13(14-10)16(2)3)15-11-6-4-5-7-11/h8-9,11,15H,4-7H2,1-3H3. The Hall–Kier alpha value is -1.25. The summed E-state index contributed by atoms with van der Waals surface area (Å²) in [6.45, 7) is 2.03. The van der Waals surface area contributed by atoms with Gasteiger partial charge in [0.15, 0.2) is 5.82 Å². The predicted molar refractivity (Wildman–Crippen MR) is 69.2 cm³/mol. The first-order valence-corrected chi connectivity index (χ1v) is 6.08. The highest BCUT2D eigenvalue weighted by Crippen LogP contribution is 2.27. The maximum atomic E-state index is 4.58. The number of anilines is 2. The van der Waals surface area contributed by atoms with Gasteiger partial charge in [-0.1, -0.05) is 12.8 Å². The molecule has 3 nitrogen and oxygen atoms in total. The second-order valence-electron chi connectivity index (χ2n) is 4.84. The molecule has 1 aliphatic rings. The van der Waals surface area contributed by atoms with Crippen molar-refractivity contribution in [2.75, 3.05) is 24.3 Å². The monoisotopic (exact) mass is 219 g/mol. The lowest BCUT2D eigenvalue weighted by molar-refractivity contribution is 0.754. The van der Waals surface area contributed by atoms with Crippen LogP contribution in [0, 0.1) is 6.92 Å². The van der Waals surface area contributed by atoms with E-state index < -0.39 is 0 Å². The topological polar surface area (TPSA) is 28.2 Å². The number of hydrogen-bond donors (Lipinski definition) is 1. The lowest BCUT2D eigenvalue weighted by atomic mass is 10.2. The molecule has 1 saturated carbocycles. The predicted octanol–water partition coefficient (Wildman–Crippen LogP) is 2.81. The lowest BCUT2D eigenvalue weighted by Gasteiger charge is -2.20. The van der Waals surface area contributed by atoms with E-state index in [9.17, 15) is 0 Å². The van der Waals surface area contributed by atoms with E-state index in [-0.39, 0.29) is 0 Å². The van der Waals surface area contributed by atoms with Crippen molar-refractivity contribution in [3.63, 3.8) is 0 Å². The van der Waals surface area contributed by atoms with E-state index in [1.165, 1.54) is 31.4 Å². The van der Waals surface area contributed by atoms with Gasteiger partial charge in [-0.2, -0.15) is 0 Å². The Bertz CT molecular complexity index is 354. The third kappa shape index (κ3) is 2.46. The van der Waals surface area contributed by atoms with Crippen molar-refractivity contribution in [2.45, 2.75) is 38.6 Å². The summed E-state index contributed by atoms with van der Waals surface area (Å²) >= 11 is 0. The summed E-state index contributed by atoms with van der Waals surface area (Å²) < 4.78 is 0. The highest BCUT2D eigenvalue weighted by atomic mass is 15.2. The number of aromatic nitrogens is 1. The third-order valence-corrected chi connectivity index (χ3v) is 3.15. The summed E-state index contributed by atoms with van der Waals surface area (Å²) in [6, 6.07) is 4.86. The Kier molecular flexibility index (Phi) is 3.32. The molecule has 0 aliphatic heterocycles. The van der Waals surface area contributed by atoms with E-state index >= 15 is 0 Å². The Morgan fingerprint density at radius 1 is 1.25 bits per heavy atom. The van der Waals surface area contributed by atoms with Crippen LogP contribution in [0.25, 0.3) is 0 Å². The van der Waals surface area contributed by atoms with Crippen LogP contribution in [0.4, 0.5) is 11.5 Å². The van der Waals surface area contributed by atoms with Crippen LogP contribution in [-0.4, -0.2) is 25.1 Å². The molecule has 1 N–H and O–H groups in total. The third-order valence-electron chi connectivity index (χ3n) is 3.15. The molecule has 0 spiro atoms. The zero-order chi connectivity index (χ0) is 11.5. The van der Waals surface area contributed by atoms with Crippen LogP contribution in [-0.2, 0) is 0 Å². The molecule has 1 aromatic rings. The van der Waals surface area contributed by atoms with Crippen LogP contribution in [0.2, 0.25) is 0 Å². The maximum Gasteiger partial charge on any atom is 0.151 e. The highest BCUT2D eigenvalue weighted by molar-refractivity contribution is 5.65. The molecule has 1 aromatic heterocycles. The Labute approximate surface area is 97.9 Å². The molecule has 0 saturated heterocycles. The molecule has 0 amide bonds. The molecule has 0 bridgehead atoms. The molecule has 16 heavy (non-hydrogen) atoms. The zero-order valence-electron chi connectivity index (χ0n) is 10.5. The largest absolute Gasteiger partial charge is 0.379 e. The molecule has 1 aliphatic carbocycles. The van der Waals surface area contributed by atoms with Gasteiger partial charge in [0, 0.05) is 25.8 Å². The van der Waals surface area contributed by atoms with E-state index in [4.69, 9.17) is 0 Å². The van der Waals surface area contributed by atoms with Crippen LogP contribution in [0.15, 0.2) is 12.1 Å². The van der Waals surface area contributed by atoms with Gasteiger partial charge in [-0.3, -0.25) is 0 Å². The van der Waals surface area contributed by atoms with Crippen molar-refractivity contribution in [2.24, 2.45) is 0 Å². The molecule has 2 rings (SSSR count). The first-order chi connectivity index (χ1) is 7.66. The van der Waals surface area contributed by atoms with Crippen molar-refractivity contribution < 1.29 is 0 Å². The van der Waals surface area contributed by atoms with Crippen molar-refractivity contribution in [1.82, 2.24) is 4.98 Å². The van der Waals surface area contributed by atoms with E-state index in [0.717, 1.165) is 11.5 Å². The molecule has 0 unspecified atom stereocenters. The van der Waals surface area contributed by atoms with E-state index in [1.807, 2.05) is 21.0 Å². The van der Waals surface area contributed by atoms with Gasteiger partial charge in [-0.05, 0) is 31.9 Å². The number of nitrogens with zero attached hydrogens (tertiary/aromatic N) is 2. The normalized spacial score (nSPS) is 16.4. The van der Waals surface area contributed by atoms with E-state index in [2.05, 4.69) is 27.3 Å². The van der Waals surface area contributed by atoms with Crippen molar-refractivity contribution in [3.05, 3.63) is 17.8 Å². The molecule has 88 valence electrons. The minimum Gasteiger partial charge on any atom is -0.379 e. The zero-order valence-corrected chi connectivity index (χ0v) is 10.5. The molecular weight excluding hydrogens is 198 g/mol. The fourth-order valence-corrected chi connectivity index (χ4v) is 2.29. The second kappa shape index (κ2) is 4.73. The summed E-state index contributed by atoms with van der Waals surface area (Å²) in [6.07, 6.45) is 5.30. The minimum absolute atomic E-state index is 0.642. The number of hydrogen-bond acceptors (Lipinski definition) is 3. The fourth-order valence-electron chi connectivity index (χ4n) is 2.29. The summed E-state index contributed by atoms with van der Waals surface area (Å²) in [5.74, 6) is 1.05. The molecule has 3 heteroatoms. The number of nitrogens with one attached hydrogen (secondary N) is 1. The van der Waals surface area contributed by atoms with Gasteiger partial charge in [0.05, 0.1) is 5.69 Å². The van der Waals surface area contributed by atoms with Gasteiger partial charge in [0.2, 0.25) is 0 Å². The van der Waals surface area contributed by atoms with Crippen LogP contribution in [0.5, 0.6) is 0 Å². The van der Waals surface area contributed by atoms with Crippen molar-refractivity contribution in [3.8, 4) is 0 Å². The fraction of sp³-hybridized carbons (Fsp3) is 0.615. The molecule has 0 radical (unpaired) electrons. The smallest absolute Gasteiger partial charge is 0.151 e. The van der Waals surface area contributed by atoms with Crippen LogP contribution in [0.1, 0.15) is 31.4 Å². The first kappa shape index (κ1) is 11.2. The minimum atomic E-state index is 0.642. The number of pyridine rings is 1. The van der Waals surface area contributed by atoms with Gasteiger partial charge < -0.3 is 10.2 Å². The average Bonchev–Trinajstić information content (AvgIpc) is 2.73. The summed E-state index contributed by atoms with van der Waals surface area (Å²) in [7, 11) is 4.09. The summed E-state index contributed by atoms with van der Waals surface area (Å²) in [5.41, 5.74) is 2.24. The van der Waals surface area contributed by atoms with Gasteiger partial charge in [-0.25, -0.2) is 4.98 Å². The van der Waals surface area contributed by atoms with E-state index in [1.54, 1.807) is 0 Å². The van der Waals surface area contributed by atoms with Gasteiger partial charge in [0.25, 0.3) is 0 Å². The summed E-state index contributed by atoms with van der Waals surface area (Å²) in [4.78, 5) is 6.65. The van der Waals surface area contributed by atoms with Gasteiger partial charge in [-0.15, -0.1) is 0 Å². The van der Waals surface area contributed by atoms with Crippen LogP contribution >= 0.6 is 0 Å². The molecule has 1 fully saturated rings.